The van der Waals surface area contributed by atoms with Crippen LogP contribution in [0.25, 0.3) is 0 Å². The SMILES string of the molecule is CC=C(N)C(=CC)[N+](=O)[O-]. The fraction of sp³-hybridized carbons (Fsp3) is 0.333. The van der Waals surface area contributed by atoms with Crippen molar-refractivity contribution in [1.82, 2.24) is 0 Å². The third-order valence-electron chi connectivity index (χ3n) is 1.08. The van der Waals surface area contributed by atoms with Crippen molar-refractivity contribution in [3.63, 3.8) is 0 Å². The second kappa shape index (κ2) is 3.66. The van der Waals surface area contributed by atoms with E-state index in [-0.39, 0.29) is 11.4 Å². The highest BCUT2D eigenvalue weighted by molar-refractivity contribution is 5.19. The summed E-state index contributed by atoms with van der Waals surface area (Å²) in [6.07, 6.45) is 2.87. The third kappa shape index (κ3) is 1.89. The zero-order valence-electron chi connectivity index (χ0n) is 6.00. The van der Waals surface area contributed by atoms with Crippen LogP contribution in [-0.4, -0.2) is 4.92 Å². The van der Waals surface area contributed by atoms with Gasteiger partial charge in [0.15, 0.2) is 0 Å². The Balaban J connectivity index is 4.56. The van der Waals surface area contributed by atoms with Crippen LogP contribution in [0.2, 0.25) is 0 Å². The van der Waals surface area contributed by atoms with Gasteiger partial charge in [-0.1, -0.05) is 6.08 Å². The van der Waals surface area contributed by atoms with Gasteiger partial charge < -0.3 is 5.73 Å². The molecule has 0 amide bonds. The van der Waals surface area contributed by atoms with Crippen LogP contribution in [0.15, 0.2) is 23.5 Å². The average molecular weight is 142 g/mol. The molecule has 0 aliphatic rings. The molecule has 0 aromatic heterocycles. The normalized spacial score (nSPS) is 13.4. The number of nitrogens with zero attached hydrogens (tertiary/aromatic N) is 1. The smallest absolute Gasteiger partial charge is 0.287 e. The van der Waals surface area contributed by atoms with Crippen molar-refractivity contribution < 1.29 is 4.92 Å². The maximum atomic E-state index is 10.1. The van der Waals surface area contributed by atoms with E-state index < -0.39 is 4.92 Å². The summed E-state index contributed by atoms with van der Waals surface area (Å²) in [5, 5.41) is 10.1. The zero-order valence-corrected chi connectivity index (χ0v) is 6.00. The molecule has 0 aromatic rings. The number of nitrogens with two attached hydrogens (primary N) is 1. The highest BCUT2D eigenvalue weighted by Gasteiger charge is 2.10. The predicted molar refractivity (Wildman–Crippen MR) is 38.7 cm³/mol. The molecule has 0 saturated carbocycles. The van der Waals surface area contributed by atoms with Crippen LogP contribution < -0.4 is 5.73 Å². The standard InChI is InChI=1S/C6H10N2O2/c1-3-5(7)6(4-2)8(9)10/h3-4H,7H2,1-2H3. The van der Waals surface area contributed by atoms with Crippen molar-refractivity contribution in [2.24, 2.45) is 5.73 Å². The van der Waals surface area contributed by atoms with Gasteiger partial charge in [-0.15, -0.1) is 0 Å². The minimum Gasteiger partial charge on any atom is -0.393 e. The fourth-order valence-corrected chi connectivity index (χ4v) is 0.525. The molecule has 10 heavy (non-hydrogen) atoms. The summed E-state index contributed by atoms with van der Waals surface area (Å²) < 4.78 is 0. The molecule has 56 valence electrons. The Morgan fingerprint density at radius 1 is 1.50 bits per heavy atom. The van der Waals surface area contributed by atoms with E-state index in [2.05, 4.69) is 0 Å². The number of hydrogen-bond donors (Lipinski definition) is 1. The number of allylic oxidation sites excluding steroid dienone is 2. The Bertz CT molecular complexity index is 194. The Hall–Kier alpha value is -1.32. The van der Waals surface area contributed by atoms with Crippen LogP contribution >= 0.6 is 0 Å². The van der Waals surface area contributed by atoms with Gasteiger partial charge in [0.2, 0.25) is 0 Å². The summed E-state index contributed by atoms with van der Waals surface area (Å²) in [4.78, 5) is 9.64. The number of nitro groups is 1. The van der Waals surface area contributed by atoms with Crippen LogP contribution in [0.3, 0.4) is 0 Å². The van der Waals surface area contributed by atoms with E-state index >= 15 is 0 Å². The Kier molecular flexibility index (Phi) is 3.17. The fourth-order valence-electron chi connectivity index (χ4n) is 0.525. The van der Waals surface area contributed by atoms with Gasteiger partial charge >= 0.3 is 0 Å². The molecule has 0 bridgehead atoms. The summed E-state index contributed by atoms with van der Waals surface area (Å²) in [6, 6.07) is 0. The molecule has 0 fully saturated rings. The summed E-state index contributed by atoms with van der Waals surface area (Å²) in [5.41, 5.74) is 5.44. The molecule has 4 heteroatoms. The lowest BCUT2D eigenvalue weighted by Gasteiger charge is -1.94. The highest BCUT2D eigenvalue weighted by Crippen LogP contribution is 2.02. The van der Waals surface area contributed by atoms with E-state index in [1.807, 2.05) is 0 Å². The summed E-state index contributed by atoms with van der Waals surface area (Å²) in [7, 11) is 0. The first-order valence-electron chi connectivity index (χ1n) is 2.86. The first-order chi connectivity index (χ1) is 4.63. The van der Waals surface area contributed by atoms with E-state index in [1.54, 1.807) is 13.8 Å². The van der Waals surface area contributed by atoms with Crippen LogP contribution in [0.4, 0.5) is 0 Å². The van der Waals surface area contributed by atoms with E-state index in [0.717, 1.165) is 0 Å². The van der Waals surface area contributed by atoms with E-state index in [4.69, 9.17) is 5.73 Å². The molecule has 0 heterocycles. The minimum absolute atomic E-state index is 0.0394. The Morgan fingerprint density at radius 3 is 2.10 bits per heavy atom. The van der Waals surface area contributed by atoms with E-state index in [1.165, 1.54) is 12.2 Å². The van der Waals surface area contributed by atoms with Gasteiger partial charge in [0, 0.05) is 0 Å². The predicted octanol–water partition coefficient (Wildman–Crippen LogP) is 1.03. The van der Waals surface area contributed by atoms with Crippen molar-refractivity contribution in [1.29, 1.82) is 0 Å². The molecule has 0 aliphatic heterocycles. The lowest BCUT2D eigenvalue weighted by molar-refractivity contribution is -0.421. The average Bonchev–Trinajstić information content (AvgIpc) is 1.88. The lowest BCUT2D eigenvalue weighted by Crippen LogP contribution is -2.08. The lowest BCUT2D eigenvalue weighted by atomic mass is 10.3. The molecule has 0 aliphatic carbocycles. The topological polar surface area (TPSA) is 69.2 Å². The molecular weight excluding hydrogens is 132 g/mol. The summed E-state index contributed by atoms with van der Waals surface area (Å²) in [6.45, 7) is 3.23. The zero-order chi connectivity index (χ0) is 8.15. The van der Waals surface area contributed by atoms with Crippen molar-refractivity contribution in [2.45, 2.75) is 13.8 Å². The molecule has 0 atom stereocenters. The molecule has 0 rings (SSSR count). The maximum absolute atomic E-state index is 10.1. The van der Waals surface area contributed by atoms with Gasteiger partial charge in [0.1, 0.15) is 5.70 Å². The van der Waals surface area contributed by atoms with Crippen LogP contribution in [-0.2, 0) is 0 Å². The van der Waals surface area contributed by atoms with Crippen molar-refractivity contribution in [3.8, 4) is 0 Å². The first-order valence-corrected chi connectivity index (χ1v) is 2.86. The molecular formula is C6H10N2O2. The molecule has 0 spiro atoms. The summed E-state index contributed by atoms with van der Waals surface area (Å²) >= 11 is 0. The monoisotopic (exact) mass is 142 g/mol. The minimum atomic E-state index is -0.505. The second-order valence-corrected chi connectivity index (χ2v) is 1.68. The van der Waals surface area contributed by atoms with Crippen molar-refractivity contribution in [3.05, 3.63) is 33.7 Å². The van der Waals surface area contributed by atoms with Crippen molar-refractivity contribution in [2.75, 3.05) is 0 Å². The number of hydrogen-bond acceptors (Lipinski definition) is 3. The molecule has 0 aromatic carbocycles. The largest absolute Gasteiger partial charge is 0.393 e. The van der Waals surface area contributed by atoms with Crippen LogP contribution in [0, 0.1) is 10.1 Å². The Labute approximate surface area is 59.2 Å². The second-order valence-electron chi connectivity index (χ2n) is 1.68. The van der Waals surface area contributed by atoms with Gasteiger partial charge in [-0.25, -0.2) is 0 Å². The molecule has 0 unspecified atom stereocenters. The van der Waals surface area contributed by atoms with E-state index in [9.17, 15) is 10.1 Å². The van der Waals surface area contributed by atoms with Gasteiger partial charge in [0.05, 0.1) is 4.92 Å². The first kappa shape index (κ1) is 8.68. The summed E-state index contributed by atoms with van der Waals surface area (Å²) in [5.74, 6) is 0. The quantitative estimate of drug-likeness (QED) is 0.355. The van der Waals surface area contributed by atoms with Crippen molar-refractivity contribution >= 4 is 0 Å². The van der Waals surface area contributed by atoms with Gasteiger partial charge in [-0.05, 0) is 19.9 Å². The van der Waals surface area contributed by atoms with Crippen LogP contribution in [0.5, 0.6) is 0 Å². The third-order valence-corrected chi connectivity index (χ3v) is 1.08. The maximum Gasteiger partial charge on any atom is 0.287 e. The highest BCUT2D eigenvalue weighted by atomic mass is 16.6. The number of rotatable bonds is 2. The Morgan fingerprint density at radius 2 is 2.00 bits per heavy atom. The van der Waals surface area contributed by atoms with Gasteiger partial charge in [-0.2, -0.15) is 0 Å². The molecule has 4 nitrogen and oxygen atoms in total. The van der Waals surface area contributed by atoms with Gasteiger partial charge in [0.25, 0.3) is 5.70 Å². The molecule has 0 saturated heterocycles. The van der Waals surface area contributed by atoms with Crippen LogP contribution in [0.1, 0.15) is 13.8 Å². The molecule has 0 radical (unpaired) electrons. The van der Waals surface area contributed by atoms with E-state index in [0.29, 0.717) is 0 Å². The molecule has 2 N–H and O–H groups in total. The van der Waals surface area contributed by atoms with Gasteiger partial charge in [-0.3, -0.25) is 10.1 Å².